The van der Waals surface area contributed by atoms with Gasteiger partial charge in [-0.3, -0.25) is 14.5 Å². The molecule has 3 atom stereocenters. The van der Waals surface area contributed by atoms with Crippen molar-refractivity contribution in [3.8, 4) is 11.1 Å². The first-order chi connectivity index (χ1) is 23.0. The first kappa shape index (κ1) is 30.8. The van der Waals surface area contributed by atoms with Gasteiger partial charge in [-0.05, 0) is 58.1 Å². The summed E-state index contributed by atoms with van der Waals surface area (Å²) in [5.41, 5.74) is 6.24. The molecule has 47 heavy (non-hydrogen) atoms. The van der Waals surface area contributed by atoms with Crippen LogP contribution < -0.4 is 4.73 Å². The molecular weight excluding hydrogens is 612 g/mol. The number of imide groups is 1. The molecule has 0 radical (unpaired) electrons. The number of aliphatic hydroxyl groups is 1. The van der Waals surface area contributed by atoms with Gasteiger partial charge in [0.25, 0.3) is 16.8 Å². The second-order valence-electron chi connectivity index (χ2n) is 11.6. The summed E-state index contributed by atoms with van der Waals surface area (Å²) in [6, 6.07) is 35.8. The summed E-state index contributed by atoms with van der Waals surface area (Å²) in [7, 11) is 0. The van der Waals surface area contributed by atoms with Crippen LogP contribution in [0.1, 0.15) is 61.8 Å². The molecule has 1 N–H and O–H groups in total. The first-order valence-corrected chi connectivity index (χ1v) is 16.4. The SMILES string of the molecule is O=C1c2ccccc2C(=O)N1Cc1cccc(-c2cccc([C@H]3O[C@@H](CSc4cccc[n+]4[O-])C[C@@H](c4ccc(CO)cc4)O3)c2)c1. The highest BCUT2D eigenvalue weighted by molar-refractivity contribution is 7.99. The van der Waals surface area contributed by atoms with Crippen LogP contribution in [0, 0.1) is 5.21 Å². The number of aliphatic hydroxyl groups excluding tert-OH is 1. The predicted octanol–water partition coefficient (Wildman–Crippen LogP) is 6.61. The Labute approximate surface area is 276 Å². The van der Waals surface area contributed by atoms with Gasteiger partial charge in [0.2, 0.25) is 0 Å². The molecule has 0 spiro atoms. The molecule has 5 aromatic rings. The summed E-state index contributed by atoms with van der Waals surface area (Å²) in [4.78, 5) is 27.2. The summed E-state index contributed by atoms with van der Waals surface area (Å²) in [5.74, 6) is 0.00191. The number of nitrogens with zero attached hydrogens (tertiary/aromatic N) is 2. The number of thioether (sulfide) groups is 1. The van der Waals surface area contributed by atoms with Crippen LogP contribution in [0.5, 0.6) is 0 Å². The third-order valence-corrected chi connectivity index (χ3v) is 9.61. The molecule has 1 aromatic heterocycles. The van der Waals surface area contributed by atoms with E-state index in [4.69, 9.17) is 9.47 Å². The van der Waals surface area contributed by atoms with E-state index in [1.54, 1.807) is 36.4 Å². The summed E-state index contributed by atoms with van der Waals surface area (Å²) in [6.45, 7) is 0.144. The Bertz CT molecular complexity index is 1900. The van der Waals surface area contributed by atoms with Crippen molar-refractivity contribution in [2.45, 2.75) is 43.1 Å². The van der Waals surface area contributed by atoms with Crippen molar-refractivity contribution in [2.75, 3.05) is 5.75 Å². The summed E-state index contributed by atoms with van der Waals surface area (Å²) in [6.07, 6.45) is 0.977. The molecule has 0 bridgehead atoms. The van der Waals surface area contributed by atoms with Gasteiger partial charge in [0.05, 0.1) is 36.5 Å². The molecule has 1 fully saturated rings. The van der Waals surface area contributed by atoms with E-state index >= 15 is 0 Å². The third kappa shape index (κ3) is 6.57. The van der Waals surface area contributed by atoms with Gasteiger partial charge < -0.3 is 19.8 Å². The third-order valence-electron chi connectivity index (χ3n) is 8.46. The molecule has 8 nitrogen and oxygen atoms in total. The van der Waals surface area contributed by atoms with Crippen LogP contribution in [0.2, 0.25) is 0 Å². The molecule has 3 heterocycles. The van der Waals surface area contributed by atoms with Crippen LogP contribution in [0.25, 0.3) is 11.1 Å². The lowest BCUT2D eigenvalue weighted by Gasteiger charge is -2.36. The smallest absolute Gasteiger partial charge is 0.261 e. The fourth-order valence-electron chi connectivity index (χ4n) is 6.00. The number of carbonyl (C=O) groups excluding carboxylic acids is 2. The molecule has 2 amide bonds. The molecule has 0 saturated carbocycles. The van der Waals surface area contributed by atoms with Crippen molar-refractivity contribution in [1.29, 1.82) is 0 Å². The maximum atomic E-state index is 13.0. The fourth-order valence-corrected chi connectivity index (χ4v) is 6.94. The van der Waals surface area contributed by atoms with E-state index in [9.17, 15) is 19.9 Å². The van der Waals surface area contributed by atoms with Gasteiger partial charge in [0, 0.05) is 29.9 Å². The molecule has 1 saturated heterocycles. The largest absolute Gasteiger partial charge is 0.618 e. The summed E-state index contributed by atoms with van der Waals surface area (Å²) in [5, 5.41) is 22.4. The van der Waals surface area contributed by atoms with Crippen molar-refractivity contribution in [1.82, 2.24) is 4.90 Å². The number of fused-ring (bicyclic) bond motifs is 1. The first-order valence-electron chi connectivity index (χ1n) is 15.4. The van der Waals surface area contributed by atoms with E-state index in [-0.39, 0.29) is 37.2 Å². The number of rotatable bonds is 9. The zero-order chi connectivity index (χ0) is 32.3. The number of hydrogen-bond acceptors (Lipinski definition) is 7. The number of benzene rings is 4. The Kier molecular flexibility index (Phi) is 8.86. The van der Waals surface area contributed by atoms with Crippen molar-refractivity contribution in [2.24, 2.45) is 0 Å². The van der Waals surface area contributed by atoms with Gasteiger partial charge >= 0.3 is 0 Å². The fraction of sp³-hybridized carbons (Fsp3) is 0.184. The zero-order valence-corrected chi connectivity index (χ0v) is 26.2. The lowest BCUT2D eigenvalue weighted by molar-refractivity contribution is -0.645. The highest BCUT2D eigenvalue weighted by Gasteiger charge is 2.35. The molecule has 0 aliphatic carbocycles. The second kappa shape index (κ2) is 13.5. The summed E-state index contributed by atoms with van der Waals surface area (Å²) < 4.78 is 13.9. The standard InChI is InChI=1S/C38H32N2O6S/c41-23-25-14-16-27(17-15-25)34-21-31(24-47-35-13-3-4-18-40(35)44)45-38(46-34)30-10-6-9-29(20-30)28-8-5-7-26(19-28)22-39-36(42)32-11-1-2-12-33(32)37(39)43/h1-20,31,34,38,41H,21-24H2/t31-,34+,38+/m1/s1. The number of ether oxygens (including phenoxy) is 2. The molecule has 2 aliphatic rings. The second-order valence-corrected chi connectivity index (χ2v) is 12.6. The Morgan fingerprint density at radius 2 is 1.47 bits per heavy atom. The van der Waals surface area contributed by atoms with Gasteiger partial charge in [-0.2, -0.15) is 4.73 Å². The van der Waals surface area contributed by atoms with Gasteiger partial charge in [-0.25, -0.2) is 0 Å². The maximum Gasteiger partial charge on any atom is 0.261 e. The van der Waals surface area contributed by atoms with Gasteiger partial charge in [0.15, 0.2) is 12.5 Å². The van der Waals surface area contributed by atoms with E-state index in [1.165, 1.54) is 22.9 Å². The van der Waals surface area contributed by atoms with Crippen LogP contribution in [0.4, 0.5) is 0 Å². The van der Waals surface area contributed by atoms with Crippen molar-refractivity contribution < 1.29 is 28.9 Å². The van der Waals surface area contributed by atoms with Gasteiger partial charge in [-0.1, -0.05) is 84.6 Å². The highest BCUT2D eigenvalue weighted by Crippen LogP contribution is 2.40. The van der Waals surface area contributed by atoms with E-state index in [0.29, 0.717) is 28.3 Å². The molecule has 7 rings (SSSR count). The number of carbonyl (C=O) groups is 2. The lowest BCUT2D eigenvalue weighted by atomic mass is 9.99. The van der Waals surface area contributed by atoms with Crippen LogP contribution in [0.15, 0.2) is 126 Å². The zero-order valence-electron chi connectivity index (χ0n) is 25.4. The van der Waals surface area contributed by atoms with Crippen LogP contribution >= 0.6 is 11.8 Å². The Hall–Kier alpha value is -4.80. The molecule has 0 unspecified atom stereocenters. The number of pyridine rings is 1. The van der Waals surface area contributed by atoms with Crippen LogP contribution in [0.3, 0.4) is 0 Å². The molecule has 9 heteroatoms. The molecule has 2 aliphatic heterocycles. The minimum Gasteiger partial charge on any atom is -0.618 e. The normalized spacial score (nSPS) is 19.2. The highest BCUT2D eigenvalue weighted by atomic mass is 32.2. The van der Waals surface area contributed by atoms with Crippen molar-refractivity contribution in [3.05, 3.63) is 160 Å². The lowest BCUT2D eigenvalue weighted by Crippen LogP contribution is -2.32. The average Bonchev–Trinajstić information content (AvgIpc) is 3.36. The topological polar surface area (TPSA) is 103 Å². The molecule has 4 aromatic carbocycles. The number of hydrogen-bond donors (Lipinski definition) is 1. The minimum atomic E-state index is -0.659. The quantitative estimate of drug-likeness (QED) is 0.0834. The molecule has 236 valence electrons. The monoisotopic (exact) mass is 644 g/mol. The van der Waals surface area contributed by atoms with E-state index in [2.05, 4.69) is 0 Å². The van der Waals surface area contributed by atoms with Crippen LogP contribution in [-0.4, -0.2) is 33.7 Å². The average molecular weight is 645 g/mol. The van der Waals surface area contributed by atoms with Crippen LogP contribution in [-0.2, 0) is 22.6 Å². The van der Waals surface area contributed by atoms with Crippen molar-refractivity contribution in [3.63, 3.8) is 0 Å². The van der Waals surface area contributed by atoms with E-state index in [1.807, 2.05) is 78.9 Å². The maximum absolute atomic E-state index is 13.0. The van der Waals surface area contributed by atoms with Crippen molar-refractivity contribution >= 4 is 23.6 Å². The minimum absolute atomic E-state index is 0.0324. The van der Waals surface area contributed by atoms with Gasteiger partial charge in [0.1, 0.15) is 0 Å². The summed E-state index contributed by atoms with van der Waals surface area (Å²) >= 11 is 1.45. The predicted molar refractivity (Wildman–Crippen MR) is 177 cm³/mol. The number of amides is 2. The van der Waals surface area contributed by atoms with E-state index < -0.39 is 6.29 Å². The Morgan fingerprint density at radius 3 is 2.19 bits per heavy atom. The molecular formula is C38H32N2O6S. The van der Waals surface area contributed by atoms with Gasteiger partial charge in [-0.15, -0.1) is 0 Å². The van der Waals surface area contributed by atoms with E-state index in [0.717, 1.165) is 38.1 Å². The Morgan fingerprint density at radius 1 is 0.766 bits per heavy atom. The Balaban J connectivity index is 1.12. The number of aromatic nitrogens is 1.